The fourth-order valence-electron chi connectivity index (χ4n) is 2.41. The molecule has 0 bridgehead atoms. The summed E-state index contributed by atoms with van der Waals surface area (Å²) in [6.45, 7) is 13.4. The molecule has 1 aromatic heterocycles. The maximum atomic E-state index is 4.97. The fourth-order valence-corrected chi connectivity index (χ4v) is 3.60. The lowest BCUT2D eigenvalue weighted by Gasteiger charge is -2.20. The number of rotatable bonds is 7. The molecule has 2 rings (SSSR count). The second kappa shape index (κ2) is 6.66. The highest BCUT2D eigenvalue weighted by Crippen LogP contribution is 2.34. The molecule has 0 aliphatic heterocycles. The van der Waals surface area contributed by atoms with E-state index >= 15 is 0 Å². The average molecular weight is 310 g/mol. The van der Waals surface area contributed by atoms with Gasteiger partial charge in [0.2, 0.25) is 0 Å². The molecule has 0 radical (unpaired) electrons. The van der Waals surface area contributed by atoms with Gasteiger partial charge in [0, 0.05) is 36.5 Å². The van der Waals surface area contributed by atoms with Crippen LogP contribution in [-0.4, -0.2) is 24.6 Å². The topological polar surface area (TPSA) is 28.2 Å². The summed E-state index contributed by atoms with van der Waals surface area (Å²) in [6.07, 6.45) is 3.90. The van der Waals surface area contributed by atoms with Gasteiger partial charge in [-0.2, -0.15) is 0 Å². The first-order valence-electron chi connectivity index (χ1n) is 8.26. The third kappa shape index (κ3) is 4.68. The monoisotopic (exact) mass is 309 g/mol. The van der Waals surface area contributed by atoms with Gasteiger partial charge in [-0.05, 0) is 18.8 Å². The SMILES string of the molecule is CCC(C)CN(C)c1nc(C(C)(C)C)c(CNC2CC2)s1. The molecule has 120 valence electrons. The van der Waals surface area contributed by atoms with E-state index in [-0.39, 0.29) is 5.41 Å². The van der Waals surface area contributed by atoms with Crippen molar-refractivity contribution in [3.63, 3.8) is 0 Å². The smallest absolute Gasteiger partial charge is 0.185 e. The molecule has 1 aromatic rings. The normalized spacial score (nSPS) is 17.0. The van der Waals surface area contributed by atoms with E-state index in [9.17, 15) is 0 Å². The Morgan fingerprint density at radius 1 is 1.38 bits per heavy atom. The minimum Gasteiger partial charge on any atom is -0.351 e. The third-order valence-electron chi connectivity index (χ3n) is 4.13. The molecule has 0 aromatic carbocycles. The van der Waals surface area contributed by atoms with Crippen molar-refractivity contribution in [1.82, 2.24) is 10.3 Å². The van der Waals surface area contributed by atoms with Gasteiger partial charge in [-0.3, -0.25) is 0 Å². The Kier molecular flexibility index (Phi) is 5.31. The summed E-state index contributed by atoms with van der Waals surface area (Å²) in [5.74, 6) is 0.713. The van der Waals surface area contributed by atoms with Crippen LogP contribution in [0.1, 0.15) is 64.5 Å². The molecule has 1 fully saturated rings. The first kappa shape index (κ1) is 16.8. The molecule has 0 saturated heterocycles. The molecule has 21 heavy (non-hydrogen) atoms. The van der Waals surface area contributed by atoms with Gasteiger partial charge in [0.15, 0.2) is 5.13 Å². The van der Waals surface area contributed by atoms with Gasteiger partial charge in [0.05, 0.1) is 5.69 Å². The molecule has 1 heterocycles. The molecule has 0 spiro atoms. The van der Waals surface area contributed by atoms with Crippen LogP contribution in [-0.2, 0) is 12.0 Å². The molecular weight excluding hydrogens is 278 g/mol. The van der Waals surface area contributed by atoms with Crippen LogP contribution in [0, 0.1) is 5.92 Å². The summed E-state index contributed by atoms with van der Waals surface area (Å²) in [5.41, 5.74) is 1.39. The Hall–Kier alpha value is -0.610. The lowest BCUT2D eigenvalue weighted by Crippen LogP contribution is -2.24. The highest BCUT2D eigenvalue weighted by Gasteiger charge is 2.26. The first-order valence-corrected chi connectivity index (χ1v) is 9.07. The van der Waals surface area contributed by atoms with Gasteiger partial charge in [0.25, 0.3) is 0 Å². The minimum absolute atomic E-state index is 0.118. The molecule has 1 atom stereocenters. The number of nitrogens with one attached hydrogen (secondary N) is 1. The first-order chi connectivity index (χ1) is 9.81. The molecule has 1 saturated carbocycles. The van der Waals surface area contributed by atoms with E-state index in [1.807, 2.05) is 11.3 Å². The Balaban J connectivity index is 2.13. The molecule has 3 nitrogen and oxygen atoms in total. The number of hydrogen-bond acceptors (Lipinski definition) is 4. The molecule has 1 unspecified atom stereocenters. The van der Waals surface area contributed by atoms with Crippen LogP contribution in [0.2, 0.25) is 0 Å². The van der Waals surface area contributed by atoms with Gasteiger partial charge in [-0.15, -0.1) is 11.3 Å². The van der Waals surface area contributed by atoms with E-state index in [1.165, 1.54) is 35.0 Å². The summed E-state index contributed by atoms with van der Waals surface area (Å²) >= 11 is 1.87. The van der Waals surface area contributed by atoms with Crippen molar-refractivity contribution < 1.29 is 0 Å². The van der Waals surface area contributed by atoms with Crippen LogP contribution >= 0.6 is 11.3 Å². The van der Waals surface area contributed by atoms with Crippen LogP contribution in [0.25, 0.3) is 0 Å². The lowest BCUT2D eigenvalue weighted by atomic mass is 9.91. The fraction of sp³-hybridized carbons (Fsp3) is 0.824. The Labute approximate surface area is 134 Å². The number of hydrogen-bond donors (Lipinski definition) is 1. The van der Waals surface area contributed by atoms with Crippen molar-refractivity contribution in [3.8, 4) is 0 Å². The predicted molar refractivity (Wildman–Crippen MR) is 93.4 cm³/mol. The molecule has 1 N–H and O–H groups in total. The number of aromatic nitrogens is 1. The Morgan fingerprint density at radius 3 is 2.57 bits per heavy atom. The predicted octanol–water partition coefficient (Wildman–Crippen LogP) is 4.17. The average Bonchev–Trinajstić information content (AvgIpc) is 3.12. The summed E-state index contributed by atoms with van der Waals surface area (Å²) in [6, 6.07) is 0.751. The van der Waals surface area contributed by atoms with Gasteiger partial charge in [-0.25, -0.2) is 4.98 Å². The van der Waals surface area contributed by atoms with Crippen LogP contribution in [0.5, 0.6) is 0 Å². The standard InChI is InChI=1S/C17H31N3S/c1-7-12(2)11-20(6)16-19-15(17(3,4)5)14(21-16)10-18-13-8-9-13/h12-13,18H,7-11H2,1-6H3. The van der Waals surface area contributed by atoms with E-state index in [1.54, 1.807) is 0 Å². The number of nitrogens with zero attached hydrogens (tertiary/aromatic N) is 2. The summed E-state index contributed by atoms with van der Waals surface area (Å²) < 4.78 is 0. The highest BCUT2D eigenvalue weighted by atomic mass is 32.1. The van der Waals surface area contributed by atoms with Crippen LogP contribution in [0.4, 0.5) is 5.13 Å². The maximum Gasteiger partial charge on any atom is 0.185 e. The second-order valence-electron chi connectivity index (χ2n) is 7.57. The van der Waals surface area contributed by atoms with E-state index in [2.05, 4.69) is 51.9 Å². The zero-order chi connectivity index (χ0) is 15.6. The lowest BCUT2D eigenvalue weighted by molar-refractivity contribution is 0.549. The Bertz CT molecular complexity index is 457. The summed E-state index contributed by atoms with van der Waals surface area (Å²) in [7, 11) is 2.18. The molecular formula is C17H31N3S. The third-order valence-corrected chi connectivity index (χ3v) is 5.30. The van der Waals surface area contributed by atoms with Crippen molar-refractivity contribution >= 4 is 16.5 Å². The zero-order valence-electron chi connectivity index (χ0n) is 14.5. The largest absolute Gasteiger partial charge is 0.351 e. The van der Waals surface area contributed by atoms with Gasteiger partial charge >= 0.3 is 0 Å². The zero-order valence-corrected chi connectivity index (χ0v) is 15.3. The summed E-state index contributed by atoms with van der Waals surface area (Å²) in [5, 5.41) is 4.82. The van der Waals surface area contributed by atoms with E-state index in [0.29, 0.717) is 5.92 Å². The van der Waals surface area contributed by atoms with E-state index < -0.39 is 0 Å². The quantitative estimate of drug-likeness (QED) is 0.819. The maximum absolute atomic E-state index is 4.97. The van der Waals surface area contributed by atoms with Crippen molar-refractivity contribution in [2.24, 2.45) is 5.92 Å². The van der Waals surface area contributed by atoms with Gasteiger partial charge in [0.1, 0.15) is 0 Å². The van der Waals surface area contributed by atoms with E-state index in [4.69, 9.17) is 4.98 Å². The van der Waals surface area contributed by atoms with Crippen LogP contribution in [0.3, 0.4) is 0 Å². The van der Waals surface area contributed by atoms with Gasteiger partial charge < -0.3 is 10.2 Å². The Morgan fingerprint density at radius 2 is 2.05 bits per heavy atom. The molecule has 1 aliphatic carbocycles. The van der Waals surface area contributed by atoms with E-state index in [0.717, 1.165) is 19.1 Å². The van der Waals surface area contributed by atoms with Crippen molar-refractivity contribution in [2.45, 2.75) is 71.9 Å². The highest BCUT2D eigenvalue weighted by molar-refractivity contribution is 7.15. The molecule has 1 aliphatic rings. The number of anilines is 1. The van der Waals surface area contributed by atoms with Crippen LogP contribution < -0.4 is 10.2 Å². The summed E-state index contributed by atoms with van der Waals surface area (Å²) in [4.78, 5) is 8.72. The van der Waals surface area contributed by atoms with Crippen LogP contribution in [0.15, 0.2) is 0 Å². The van der Waals surface area contributed by atoms with Crippen molar-refractivity contribution in [2.75, 3.05) is 18.5 Å². The number of thiazole rings is 1. The van der Waals surface area contributed by atoms with Crippen molar-refractivity contribution in [1.29, 1.82) is 0 Å². The second-order valence-corrected chi connectivity index (χ2v) is 8.63. The van der Waals surface area contributed by atoms with Crippen molar-refractivity contribution in [3.05, 3.63) is 10.6 Å². The molecule has 4 heteroatoms. The minimum atomic E-state index is 0.118. The molecule has 0 amide bonds. The van der Waals surface area contributed by atoms with Gasteiger partial charge in [-0.1, -0.05) is 41.0 Å².